The summed E-state index contributed by atoms with van der Waals surface area (Å²) in [4.78, 5) is 35.9. The van der Waals surface area contributed by atoms with Gasteiger partial charge in [-0.05, 0) is 50.9 Å². The summed E-state index contributed by atoms with van der Waals surface area (Å²) in [5.41, 5.74) is 5.18. The number of carbonyl (C=O) groups excluding carboxylic acids is 2. The van der Waals surface area contributed by atoms with E-state index in [1.54, 1.807) is 0 Å². The number of likely N-dealkylation sites (N-methyl/N-ethyl adjacent to an activating group) is 1. The number of nitrogens with one attached hydrogen (secondary N) is 2. The lowest BCUT2D eigenvalue weighted by Gasteiger charge is -2.24. The first kappa shape index (κ1) is 24.9. The van der Waals surface area contributed by atoms with E-state index < -0.39 is 17.6 Å². The highest BCUT2D eigenvalue weighted by molar-refractivity contribution is 6.28. The minimum Gasteiger partial charge on any atom is -0.352 e. The van der Waals surface area contributed by atoms with Gasteiger partial charge < -0.3 is 9.80 Å². The molecule has 2 amide bonds. The van der Waals surface area contributed by atoms with Gasteiger partial charge in [0.15, 0.2) is 11.6 Å². The maximum absolute atomic E-state index is 15.4. The molecule has 1 saturated heterocycles. The zero-order valence-corrected chi connectivity index (χ0v) is 20.4. The maximum Gasteiger partial charge on any atom is 0.243 e. The highest BCUT2D eigenvalue weighted by Gasteiger charge is 2.56. The van der Waals surface area contributed by atoms with Gasteiger partial charge in [-0.1, -0.05) is 25.7 Å². The van der Waals surface area contributed by atoms with Crippen molar-refractivity contribution in [1.82, 2.24) is 25.4 Å². The normalized spacial score (nSPS) is 22.3. The molecule has 0 radical (unpaired) electrons. The first-order valence-electron chi connectivity index (χ1n) is 11.8. The van der Waals surface area contributed by atoms with Crippen LogP contribution in [-0.4, -0.2) is 77.2 Å². The van der Waals surface area contributed by atoms with Crippen molar-refractivity contribution < 1.29 is 19.2 Å². The van der Waals surface area contributed by atoms with Crippen molar-refractivity contribution in [3.63, 3.8) is 0 Å². The average molecular weight is 498 g/mol. The van der Waals surface area contributed by atoms with Crippen LogP contribution in [0, 0.1) is 23.1 Å². The van der Waals surface area contributed by atoms with Crippen LogP contribution in [0.25, 0.3) is 0 Å². The van der Waals surface area contributed by atoms with Gasteiger partial charge in [0.05, 0.1) is 12.5 Å². The van der Waals surface area contributed by atoms with E-state index >= 15 is 4.39 Å². The Morgan fingerprint density at radius 3 is 2.65 bits per heavy atom. The van der Waals surface area contributed by atoms with E-state index in [4.69, 9.17) is 11.6 Å². The molecule has 1 unspecified atom stereocenters. The van der Waals surface area contributed by atoms with E-state index in [1.807, 2.05) is 19.0 Å². The quantitative estimate of drug-likeness (QED) is 0.195. The molecule has 12 heteroatoms. The van der Waals surface area contributed by atoms with Crippen molar-refractivity contribution in [2.24, 2.45) is 17.3 Å². The van der Waals surface area contributed by atoms with Crippen LogP contribution in [0.3, 0.4) is 0 Å². The Morgan fingerprint density at radius 2 is 2.06 bits per heavy atom. The molecule has 4 rings (SSSR count). The molecule has 2 aliphatic carbocycles. The van der Waals surface area contributed by atoms with Gasteiger partial charge in [-0.25, -0.2) is 5.06 Å². The molecule has 1 aromatic heterocycles. The Labute approximate surface area is 203 Å². The molecule has 1 aliphatic heterocycles. The van der Waals surface area contributed by atoms with Crippen molar-refractivity contribution in [3.8, 4) is 0 Å². The lowest BCUT2D eigenvalue weighted by Crippen LogP contribution is -2.41. The number of anilines is 2. The van der Waals surface area contributed by atoms with Crippen LogP contribution in [-0.2, 0) is 9.59 Å². The average Bonchev–Trinajstić information content (AvgIpc) is 3.19. The van der Waals surface area contributed by atoms with Crippen molar-refractivity contribution >= 4 is 35.6 Å². The fourth-order valence-electron chi connectivity index (χ4n) is 5.58. The van der Waals surface area contributed by atoms with Crippen LogP contribution in [0.2, 0.25) is 5.28 Å². The van der Waals surface area contributed by atoms with E-state index in [0.29, 0.717) is 36.5 Å². The summed E-state index contributed by atoms with van der Waals surface area (Å²) in [6.07, 6.45) is 7.21. The topological polar surface area (TPSA) is 114 Å². The fraction of sp³-hybridized carbons (Fsp3) is 0.727. The third-order valence-electron chi connectivity index (χ3n) is 7.52. The second kappa shape index (κ2) is 10.2. The summed E-state index contributed by atoms with van der Waals surface area (Å²) < 4.78 is 15.4. The second-order valence-electron chi connectivity index (χ2n) is 10.1. The molecule has 2 saturated carbocycles. The Balaban J connectivity index is 1.45. The van der Waals surface area contributed by atoms with E-state index in [2.05, 4.69) is 25.7 Å². The molecule has 1 aromatic rings. The first-order valence-corrected chi connectivity index (χ1v) is 12.2. The number of hydrogen-bond acceptors (Lipinski definition) is 8. The molecule has 2 heterocycles. The predicted octanol–water partition coefficient (Wildman–Crippen LogP) is 2.29. The smallest absolute Gasteiger partial charge is 0.243 e. The van der Waals surface area contributed by atoms with Crippen LogP contribution in [0.5, 0.6) is 0 Å². The zero-order valence-electron chi connectivity index (χ0n) is 19.6. The number of rotatable bonds is 10. The SMILES string of the molecule is CN(C)C1CN(c2nc(Cl)nc(NNC(=O)[C@H](CC3CCCC3)CN(O)C=O)c2F)CC12CC2. The van der Waals surface area contributed by atoms with Gasteiger partial charge in [-0.2, -0.15) is 14.4 Å². The fourth-order valence-corrected chi connectivity index (χ4v) is 5.75. The highest BCUT2D eigenvalue weighted by atomic mass is 35.5. The molecule has 3 N–H and O–H groups in total. The Kier molecular flexibility index (Phi) is 7.44. The molecule has 3 fully saturated rings. The Hall–Kier alpha value is -2.24. The van der Waals surface area contributed by atoms with Gasteiger partial charge in [-0.3, -0.25) is 25.6 Å². The minimum absolute atomic E-state index is 0.109. The van der Waals surface area contributed by atoms with Crippen molar-refractivity contribution in [2.75, 3.05) is 44.1 Å². The van der Waals surface area contributed by atoms with E-state index in [1.165, 1.54) is 0 Å². The lowest BCUT2D eigenvalue weighted by molar-refractivity contribution is -0.154. The molecular formula is C22H33ClFN7O3. The van der Waals surface area contributed by atoms with Crippen LogP contribution in [0.15, 0.2) is 0 Å². The molecular weight excluding hydrogens is 465 g/mol. The second-order valence-corrected chi connectivity index (χ2v) is 10.5. The molecule has 1 spiro atoms. The third kappa shape index (κ3) is 5.36. The van der Waals surface area contributed by atoms with Crippen molar-refractivity contribution in [3.05, 3.63) is 11.1 Å². The number of halogens is 2. The zero-order chi connectivity index (χ0) is 24.5. The maximum atomic E-state index is 15.4. The summed E-state index contributed by atoms with van der Waals surface area (Å²) in [5, 5.41) is 9.97. The van der Waals surface area contributed by atoms with Crippen LogP contribution >= 0.6 is 11.6 Å². The van der Waals surface area contributed by atoms with Gasteiger partial charge >= 0.3 is 0 Å². The van der Waals surface area contributed by atoms with E-state index in [0.717, 1.165) is 38.5 Å². The molecule has 0 bridgehead atoms. The molecule has 10 nitrogen and oxygen atoms in total. The molecule has 3 aliphatic rings. The van der Waals surface area contributed by atoms with E-state index in [9.17, 15) is 14.8 Å². The number of amides is 2. The first-order chi connectivity index (χ1) is 16.2. The number of aromatic nitrogens is 2. The molecule has 34 heavy (non-hydrogen) atoms. The van der Waals surface area contributed by atoms with Gasteiger partial charge in [-0.15, -0.1) is 0 Å². The van der Waals surface area contributed by atoms with E-state index in [-0.39, 0.29) is 35.3 Å². The Bertz CT molecular complexity index is 911. The van der Waals surface area contributed by atoms with Gasteiger partial charge in [0, 0.05) is 24.5 Å². The van der Waals surface area contributed by atoms with Crippen LogP contribution in [0.4, 0.5) is 16.0 Å². The number of hydrazine groups is 1. The monoisotopic (exact) mass is 497 g/mol. The number of carbonyl (C=O) groups is 2. The summed E-state index contributed by atoms with van der Waals surface area (Å²) >= 11 is 6.11. The standard InChI is InChI=1S/C22H33ClFN7O3/c1-29(2)16-11-30(12-22(16)7-8-22)19-17(24)18(25-21(23)26-19)27-28-20(33)15(10-31(34)13-32)9-14-5-3-4-6-14/h13-16,34H,3-12H2,1-2H3,(H,28,33)(H,25,26,27)/t15-,16?/m1/s1. The Morgan fingerprint density at radius 1 is 1.35 bits per heavy atom. The molecule has 2 atom stereocenters. The summed E-state index contributed by atoms with van der Waals surface area (Å²) in [7, 11) is 4.06. The summed E-state index contributed by atoms with van der Waals surface area (Å²) in [6, 6.07) is 0.298. The van der Waals surface area contributed by atoms with Crippen molar-refractivity contribution in [1.29, 1.82) is 0 Å². The number of hydrogen-bond donors (Lipinski definition) is 3. The minimum atomic E-state index is -0.691. The van der Waals surface area contributed by atoms with Gasteiger partial charge in [0.25, 0.3) is 0 Å². The van der Waals surface area contributed by atoms with Gasteiger partial charge in [0.2, 0.25) is 23.4 Å². The third-order valence-corrected chi connectivity index (χ3v) is 7.69. The van der Waals surface area contributed by atoms with Crippen molar-refractivity contribution in [2.45, 2.75) is 51.0 Å². The largest absolute Gasteiger partial charge is 0.352 e. The summed E-state index contributed by atoms with van der Waals surface area (Å²) in [5.74, 6) is -1.57. The van der Waals surface area contributed by atoms with Gasteiger partial charge in [0.1, 0.15) is 0 Å². The highest BCUT2D eigenvalue weighted by Crippen LogP contribution is 2.55. The number of nitrogens with zero attached hydrogens (tertiary/aromatic N) is 5. The van der Waals surface area contributed by atoms with Crippen LogP contribution in [0.1, 0.15) is 44.9 Å². The molecule has 188 valence electrons. The number of hydroxylamine groups is 2. The molecule has 0 aromatic carbocycles. The lowest BCUT2D eigenvalue weighted by atomic mass is 9.92. The van der Waals surface area contributed by atoms with Crippen LogP contribution < -0.4 is 15.8 Å². The predicted molar refractivity (Wildman–Crippen MR) is 125 cm³/mol. The summed E-state index contributed by atoms with van der Waals surface area (Å²) in [6.45, 7) is 1.17.